The van der Waals surface area contributed by atoms with Crippen LogP contribution >= 0.6 is 34.8 Å². The molecule has 1 aliphatic rings. The quantitative estimate of drug-likeness (QED) is 0.402. The van der Waals surface area contributed by atoms with Gasteiger partial charge in [-0.05, 0) is 30.7 Å². The van der Waals surface area contributed by atoms with Gasteiger partial charge in [-0.3, -0.25) is 4.79 Å². The van der Waals surface area contributed by atoms with Crippen LogP contribution in [-0.4, -0.2) is 21.9 Å². The molecule has 0 aliphatic carbocycles. The molecule has 1 aliphatic heterocycles. The summed E-state index contributed by atoms with van der Waals surface area (Å²) >= 11 is 18.1. The predicted molar refractivity (Wildman–Crippen MR) is 119 cm³/mol. The Balaban J connectivity index is 1.69. The molecule has 0 fully saturated rings. The molecular weight excluding hydrogens is 488 g/mol. The number of alkyl halides is 3. The van der Waals surface area contributed by atoms with E-state index in [4.69, 9.17) is 34.8 Å². The summed E-state index contributed by atoms with van der Waals surface area (Å²) < 4.78 is 42.4. The van der Waals surface area contributed by atoms with Crippen molar-refractivity contribution >= 4 is 52.2 Å². The van der Waals surface area contributed by atoms with Gasteiger partial charge in [-0.15, -0.1) is 0 Å². The van der Waals surface area contributed by atoms with Crippen LogP contribution in [0.3, 0.4) is 0 Å². The molecule has 2 heterocycles. The highest BCUT2D eigenvalue weighted by Crippen LogP contribution is 2.46. The Labute approximate surface area is 196 Å². The summed E-state index contributed by atoms with van der Waals surface area (Å²) in [5.41, 5.74) is 1.62. The molecule has 0 spiro atoms. The number of halogens is 6. The van der Waals surface area contributed by atoms with E-state index >= 15 is 0 Å². The van der Waals surface area contributed by atoms with Crippen molar-refractivity contribution in [1.29, 1.82) is 0 Å². The lowest BCUT2D eigenvalue weighted by Gasteiger charge is -2.33. The highest BCUT2D eigenvalue weighted by Gasteiger charge is 2.47. The summed E-state index contributed by atoms with van der Waals surface area (Å²) in [5, 5.41) is 9.74. The van der Waals surface area contributed by atoms with Crippen LogP contribution in [0.2, 0.25) is 15.1 Å². The number of rotatable bonds is 3. The average Bonchev–Trinajstić information content (AvgIpc) is 3.06. The fraction of sp³-hybridized carbons (Fsp3) is 0.238. The number of hydrogen-bond donors (Lipinski definition) is 2. The summed E-state index contributed by atoms with van der Waals surface area (Å²) in [6.45, 7) is 1.89. The van der Waals surface area contributed by atoms with Gasteiger partial charge in [0.05, 0.1) is 16.1 Å². The molecule has 2 aromatic carbocycles. The lowest BCUT2D eigenvalue weighted by molar-refractivity contribution is -0.173. The molecule has 32 heavy (non-hydrogen) atoms. The first kappa shape index (κ1) is 22.8. The van der Waals surface area contributed by atoms with Gasteiger partial charge in [0, 0.05) is 12.1 Å². The van der Waals surface area contributed by atoms with Gasteiger partial charge in [0.1, 0.15) is 10.8 Å². The van der Waals surface area contributed by atoms with E-state index in [2.05, 4.69) is 15.7 Å². The fourth-order valence-corrected chi connectivity index (χ4v) is 4.08. The maximum Gasteiger partial charge on any atom is 0.410 e. The monoisotopic (exact) mass is 502 g/mol. The Kier molecular flexibility index (Phi) is 6.04. The maximum absolute atomic E-state index is 13.9. The number of nitrogens with one attached hydrogen (secondary N) is 2. The Morgan fingerprint density at radius 2 is 1.81 bits per heavy atom. The number of amides is 1. The minimum atomic E-state index is -4.59. The topological polar surface area (TPSA) is 59.0 Å². The van der Waals surface area contributed by atoms with E-state index < -0.39 is 24.2 Å². The number of fused-ring (bicyclic) bond motifs is 1. The third-order valence-corrected chi connectivity index (χ3v) is 6.26. The zero-order valence-corrected chi connectivity index (χ0v) is 18.7. The second-order valence-corrected chi connectivity index (χ2v) is 8.63. The molecule has 1 aromatic heterocycles. The Morgan fingerprint density at radius 1 is 1.12 bits per heavy atom. The number of aromatic nitrogens is 2. The molecule has 4 rings (SSSR count). The lowest BCUT2D eigenvalue weighted by Crippen LogP contribution is -2.35. The van der Waals surface area contributed by atoms with Gasteiger partial charge in [-0.2, -0.15) is 18.3 Å². The predicted octanol–water partition coefficient (Wildman–Crippen LogP) is 7.06. The molecule has 0 saturated heterocycles. The first-order chi connectivity index (χ1) is 15.0. The molecule has 0 unspecified atom stereocenters. The van der Waals surface area contributed by atoms with Gasteiger partial charge >= 0.3 is 6.18 Å². The molecule has 0 saturated carbocycles. The minimum Gasteiger partial charge on any atom is -0.362 e. The van der Waals surface area contributed by atoms with Gasteiger partial charge in [0.25, 0.3) is 5.91 Å². The summed E-state index contributed by atoms with van der Waals surface area (Å²) in [6.07, 6.45) is -4.89. The summed E-state index contributed by atoms with van der Waals surface area (Å²) in [7, 11) is 0. The van der Waals surface area contributed by atoms with Crippen molar-refractivity contribution in [3.05, 3.63) is 74.4 Å². The smallest absolute Gasteiger partial charge is 0.362 e. The summed E-state index contributed by atoms with van der Waals surface area (Å²) in [4.78, 5) is 12.7. The Morgan fingerprint density at radius 3 is 2.44 bits per heavy atom. The van der Waals surface area contributed by atoms with E-state index in [1.54, 1.807) is 12.1 Å². The van der Waals surface area contributed by atoms with E-state index in [0.29, 0.717) is 16.3 Å². The number of benzene rings is 2. The van der Waals surface area contributed by atoms with E-state index in [1.807, 2.05) is 19.1 Å². The minimum absolute atomic E-state index is 0.0647. The molecule has 1 amide bonds. The SMILES string of the molecule is Cc1ccc([C@H]2C[C@H](C(F)(F)F)n3nc(C(=O)Nc4ccc(Cl)c(Cl)c4)c(Cl)c3N2)cc1. The lowest BCUT2D eigenvalue weighted by atomic mass is 9.96. The highest BCUT2D eigenvalue weighted by atomic mass is 35.5. The third kappa shape index (κ3) is 4.40. The number of carbonyl (C=O) groups is 1. The Hall–Kier alpha value is -2.42. The molecule has 5 nitrogen and oxygen atoms in total. The molecule has 168 valence electrons. The standard InChI is InChI=1S/C21H16Cl3F3N4O/c1-10-2-4-11(5-3-10)15-9-16(21(25,26)27)31-19(29-15)17(24)18(30-31)20(32)28-12-6-7-13(22)14(23)8-12/h2-8,15-16,29H,9H2,1H3,(H,28,32)/t15-,16-/m1/s1. The Bertz CT molecular complexity index is 1180. The first-order valence-electron chi connectivity index (χ1n) is 9.49. The van der Waals surface area contributed by atoms with Crippen LogP contribution in [0.1, 0.15) is 40.1 Å². The van der Waals surface area contributed by atoms with Gasteiger partial charge in [-0.25, -0.2) is 4.68 Å². The largest absolute Gasteiger partial charge is 0.410 e. The zero-order valence-electron chi connectivity index (χ0n) is 16.5. The molecule has 0 bridgehead atoms. The fourth-order valence-electron chi connectivity index (χ4n) is 3.52. The zero-order chi connectivity index (χ0) is 23.2. The second kappa shape index (κ2) is 8.50. The second-order valence-electron chi connectivity index (χ2n) is 7.44. The van der Waals surface area contributed by atoms with E-state index in [-0.39, 0.29) is 28.0 Å². The number of hydrogen-bond acceptors (Lipinski definition) is 3. The third-order valence-electron chi connectivity index (χ3n) is 5.17. The van der Waals surface area contributed by atoms with Crippen molar-refractivity contribution in [2.24, 2.45) is 0 Å². The van der Waals surface area contributed by atoms with Gasteiger partial charge in [-0.1, -0.05) is 64.6 Å². The molecule has 3 aromatic rings. The molecule has 2 atom stereocenters. The molecule has 0 radical (unpaired) electrons. The number of carbonyl (C=O) groups excluding carboxylic acids is 1. The van der Waals surface area contributed by atoms with Crippen LogP contribution in [0.5, 0.6) is 0 Å². The highest BCUT2D eigenvalue weighted by molar-refractivity contribution is 6.42. The molecule has 11 heteroatoms. The van der Waals surface area contributed by atoms with Crippen LogP contribution in [0.25, 0.3) is 0 Å². The van der Waals surface area contributed by atoms with Gasteiger partial charge in [0.15, 0.2) is 11.7 Å². The van der Waals surface area contributed by atoms with Crippen molar-refractivity contribution in [2.45, 2.75) is 31.6 Å². The van der Waals surface area contributed by atoms with Crippen molar-refractivity contribution in [1.82, 2.24) is 9.78 Å². The van der Waals surface area contributed by atoms with Crippen molar-refractivity contribution in [3.63, 3.8) is 0 Å². The van der Waals surface area contributed by atoms with Crippen LogP contribution in [-0.2, 0) is 0 Å². The average molecular weight is 504 g/mol. The van der Waals surface area contributed by atoms with Gasteiger partial charge < -0.3 is 10.6 Å². The number of anilines is 2. The van der Waals surface area contributed by atoms with E-state index in [1.165, 1.54) is 18.2 Å². The van der Waals surface area contributed by atoms with E-state index in [9.17, 15) is 18.0 Å². The summed E-state index contributed by atoms with van der Waals surface area (Å²) in [6, 6.07) is 8.95. The summed E-state index contributed by atoms with van der Waals surface area (Å²) in [5.74, 6) is -0.838. The number of nitrogens with zero attached hydrogens (tertiary/aromatic N) is 2. The number of aryl methyl sites for hydroxylation is 1. The van der Waals surface area contributed by atoms with E-state index in [0.717, 1.165) is 10.2 Å². The van der Waals surface area contributed by atoms with Crippen LogP contribution < -0.4 is 10.6 Å². The maximum atomic E-state index is 13.9. The molecular formula is C21H16Cl3F3N4O. The van der Waals surface area contributed by atoms with Crippen LogP contribution in [0.4, 0.5) is 24.7 Å². The van der Waals surface area contributed by atoms with Crippen LogP contribution in [0, 0.1) is 6.92 Å². The van der Waals surface area contributed by atoms with Gasteiger partial charge in [0.2, 0.25) is 0 Å². The normalized spacial score (nSPS) is 18.1. The first-order valence-corrected chi connectivity index (χ1v) is 10.6. The van der Waals surface area contributed by atoms with Crippen molar-refractivity contribution in [3.8, 4) is 0 Å². The molecule has 2 N–H and O–H groups in total. The van der Waals surface area contributed by atoms with Crippen molar-refractivity contribution in [2.75, 3.05) is 10.6 Å². The van der Waals surface area contributed by atoms with Crippen molar-refractivity contribution < 1.29 is 18.0 Å². The van der Waals surface area contributed by atoms with Crippen LogP contribution in [0.15, 0.2) is 42.5 Å².